The van der Waals surface area contributed by atoms with Crippen LogP contribution in [0.15, 0.2) is 42.6 Å². The lowest BCUT2D eigenvalue weighted by Gasteiger charge is -2.15. The maximum Gasteiger partial charge on any atom is 0.256 e. The molecule has 1 amide bonds. The molecule has 1 N–H and O–H groups in total. The van der Waals surface area contributed by atoms with Crippen LogP contribution in [0.4, 0.5) is 4.39 Å². The molecule has 0 aliphatic carbocycles. The second kappa shape index (κ2) is 6.83. The second-order valence-electron chi connectivity index (χ2n) is 4.84. The normalized spacial score (nSPS) is 11.8. The van der Waals surface area contributed by atoms with Crippen LogP contribution in [-0.4, -0.2) is 23.5 Å². The predicted molar refractivity (Wildman–Crippen MR) is 77.8 cm³/mol. The van der Waals surface area contributed by atoms with Crippen molar-refractivity contribution in [2.45, 2.75) is 19.9 Å². The standard InChI is InChI=1S/C16H17FN2O2/c1-11-5-7-13(8-6-11)21-10-12(2)19-16(20)14-4-3-9-18-15(14)17/h3-9,12H,10H2,1-2H3,(H,19,20). The number of ether oxygens (including phenoxy) is 1. The van der Waals surface area contributed by atoms with Crippen molar-refractivity contribution in [1.82, 2.24) is 10.3 Å². The van der Waals surface area contributed by atoms with Crippen molar-refractivity contribution < 1.29 is 13.9 Å². The monoisotopic (exact) mass is 288 g/mol. The van der Waals surface area contributed by atoms with E-state index in [1.165, 1.54) is 18.3 Å². The van der Waals surface area contributed by atoms with Gasteiger partial charge in [0.2, 0.25) is 5.95 Å². The van der Waals surface area contributed by atoms with E-state index in [0.717, 1.165) is 11.3 Å². The maximum absolute atomic E-state index is 13.4. The number of carbonyl (C=O) groups is 1. The van der Waals surface area contributed by atoms with Crippen LogP contribution < -0.4 is 10.1 Å². The molecule has 0 aliphatic rings. The Hall–Kier alpha value is -2.43. The van der Waals surface area contributed by atoms with Crippen LogP contribution in [0, 0.1) is 12.9 Å². The summed E-state index contributed by atoms with van der Waals surface area (Å²) >= 11 is 0. The first-order chi connectivity index (χ1) is 10.1. The number of rotatable bonds is 5. The number of hydrogen-bond donors (Lipinski definition) is 1. The van der Waals surface area contributed by atoms with Gasteiger partial charge in [-0.25, -0.2) is 4.98 Å². The zero-order valence-electron chi connectivity index (χ0n) is 12.0. The number of nitrogens with one attached hydrogen (secondary N) is 1. The van der Waals surface area contributed by atoms with Crippen molar-refractivity contribution in [2.24, 2.45) is 0 Å². The summed E-state index contributed by atoms with van der Waals surface area (Å²) < 4.78 is 18.9. The second-order valence-corrected chi connectivity index (χ2v) is 4.84. The van der Waals surface area contributed by atoms with E-state index in [9.17, 15) is 9.18 Å². The highest BCUT2D eigenvalue weighted by molar-refractivity contribution is 5.94. The van der Waals surface area contributed by atoms with Gasteiger partial charge in [-0.15, -0.1) is 0 Å². The minimum Gasteiger partial charge on any atom is -0.491 e. The van der Waals surface area contributed by atoms with Gasteiger partial charge in [-0.3, -0.25) is 4.79 Å². The summed E-state index contributed by atoms with van der Waals surface area (Å²) in [5.41, 5.74) is 1.08. The van der Waals surface area contributed by atoms with Crippen LogP contribution >= 0.6 is 0 Å². The molecule has 0 saturated heterocycles. The van der Waals surface area contributed by atoms with Crippen LogP contribution in [0.3, 0.4) is 0 Å². The first-order valence-corrected chi connectivity index (χ1v) is 6.67. The highest BCUT2D eigenvalue weighted by atomic mass is 19.1. The number of pyridine rings is 1. The first-order valence-electron chi connectivity index (χ1n) is 6.67. The largest absolute Gasteiger partial charge is 0.491 e. The average Bonchev–Trinajstić information content (AvgIpc) is 2.47. The Kier molecular flexibility index (Phi) is 4.87. The van der Waals surface area contributed by atoms with Crippen molar-refractivity contribution >= 4 is 5.91 Å². The molecule has 4 nitrogen and oxygen atoms in total. The third kappa shape index (κ3) is 4.27. The van der Waals surface area contributed by atoms with E-state index in [1.54, 1.807) is 6.92 Å². The molecule has 1 heterocycles. The molecular weight excluding hydrogens is 271 g/mol. The van der Waals surface area contributed by atoms with Crippen LogP contribution in [0.25, 0.3) is 0 Å². The number of aromatic nitrogens is 1. The lowest BCUT2D eigenvalue weighted by molar-refractivity contribution is 0.0921. The minimum absolute atomic E-state index is 0.0697. The number of aryl methyl sites for hydroxylation is 1. The fourth-order valence-corrected chi connectivity index (χ4v) is 1.75. The summed E-state index contributed by atoms with van der Waals surface area (Å²) in [6.07, 6.45) is 1.30. The number of hydrogen-bond acceptors (Lipinski definition) is 3. The molecule has 1 aromatic heterocycles. The van der Waals surface area contributed by atoms with Crippen molar-refractivity contribution in [2.75, 3.05) is 6.61 Å². The average molecular weight is 288 g/mol. The van der Waals surface area contributed by atoms with E-state index in [0.29, 0.717) is 6.61 Å². The molecule has 2 aromatic rings. The molecule has 0 saturated carbocycles. The zero-order valence-corrected chi connectivity index (χ0v) is 12.0. The van der Waals surface area contributed by atoms with E-state index in [2.05, 4.69) is 10.3 Å². The fraction of sp³-hybridized carbons (Fsp3) is 0.250. The van der Waals surface area contributed by atoms with Gasteiger partial charge < -0.3 is 10.1 Å². The van der Waals surface area contributed by atoms with Gasteiger partial charge in [-0.1, -0.05) is 17.7 Å². The molecule has 1 aromatic carbocycles. The van der Waals surface area contributed by atoms with Gasteiger partial charge in [0.05, 0.1) is 11.6 Å². The summed E-state index contributed by atoms with van der Waals surface area (Å²) in [5.74, 6) is -0.545. The molecule has 0 bridgehead atoms. The molecule has 1 atom stereocenters. The molecule has 21 heavy (non-hydrogen) atoms. The molecule has 0 radical (unpaired) electrons. The van der Waals surface area contributed by atoms with Gasteiger partial charge >= 0.3 is 0 Å². The van der Waals surface area contributed by atoms with E-state index < -0.39 is 11.9 Å². The van der Waals surface area contributed by atoms with Crippen molar-refractivity contribution in [3.05, 3.63) is 59.7 Å². The van der Waals surface area contributed by atoms with Crippen LogP contribution in [-0.2, 0) is 0 Å². The van der Waals surface area contributed by atoms with Gasteiger partial charge in [0, 0.05) is 6.20 Å². The van der Waals surface area contributed by atoms with Gasteiger partial charge in [0.15, 0.2) is 0 Å². The van der Waals surface area contributed by atoms with E-state index in [-0.39, 0.29) is 11.6 Å². The summed E-state index contributed by atoms with van der Waals surface area (Å²) in [4.78, 5) is 15.3. The molecule has 1 unspecified atom stereocenters. The molecule has 110 valence electrons. The van der Waals surface area contributed by atoms with Gasteiger partial charge in [-0.2, -0.15) is 4.39 Å². The minimum atomic E-state index is -0.776. The summed E-state index contributed by atoms with van der Waals surface area (Å²) in [5, 5.41) is 2.67. The zero-order chi connectivity index (χ0) is 15.2. The SMILES string of the molecule is Cc1ccc(OCC(C)NC(=O)c2cccnc2F)cc1. The number of carbonyl (C=O) groups excluding carboxylic acids is 1. The highest BCUT2D eigenvalue weighted by Gasteiger charge is 2.14. The molecule has 0 spiro atoms. The topological polar surface area (TPSA) is 51.2 Å². The van der Waals surface area contributed by atoms with E-state index in [4.69, 9.17) is 4.74 Å². The molecule has 2 rings (SSSR count). The summed E-state index contributed by atoms with van der Waals surface area (Å²) in [6, 6.07) is 10.3. The van der Waals surface area contributed by atoms with E-state index >= 15 is 0 Å². The van der Waals surface area contributed by atoms with Crippen LogP contribution in [0.2, 0.25) is 0 Å². The first kappa shape index (κ1) is 15.0. The molecule has 0 aliphatic heterocycles. The van der Waals surface area contributed by atoms with Gasteiger partial charge in [0.1, 0.15) is 12.4 Å². The number of nitrogens with zero attached hydrogens (tertiary/aromatic N) is 1. The Morgan fingerprint density at radius 3 is 2.71 bits per heavy atom. The number of halogens is 1. The Balaban J connectivity index is 1.87. The molecule has 0 fully saturated rings. The third-order valence-electron chi connectivity index (χ3n) is 2.90. The quantitative estimate of drug-likeness (QED) is 0.861. The fourth-order valence-electron chi connectivity index (χ4n) is 1.75. The Bertz CT molecular complexity index is 614. The predicted octanol–water partition coefficient (Wildman–Crippen LogP) is 2.73. The third-order valence-corrected chi connectivity index (χ3v) is 2.90. The number of amides is 1. The van der Waals surface area contributed by atoms with E-state index in [1.807, 2.05) is 31.2 Å². The molecule has 5 heteroatoms. The van der Waals surface area contributed by atoms with Crippen LogP contribution in [0.5, 0.6) is 5.75 Å². The summed E-state index contributed by atoms with van der Waals surface area (Å²) in [7, 11) is 0. The maximum atomic E-state index is 13.4. The number of benzene rings is 1. The van der Waals surface area contributed by atoms with Gasteiger partial charge in [0.25, 0.3) is 5.91 Å². The molecular formula is C16H17FN2O2. The van der Waals surface area contributed by atoms with Crippen molar-refractivity contribution in [1.29, 1.82) is 0 Å². The Morgan fingerprint density at radius 1 is 1.33 bits per heavy atom. The van der Waals surface area contributed by atoms with Crippen LogP contribution in [0.1, 0.15) is 22.8 Å². The van der Waals surface area contributed by atoms with Crippen molar-refractivity contribution in [3.63, 3.8) is 0 Å². The Morgan fingerprint density at radius 2 is 2.05 bits per heavy atom. The van der Waals surface area contributed by atoms with Gasteiger partial charge in [-0.05, 0) is 38.1 Å². The van der Waals surface area contributed by atoms with Crippen molar-refractivity contribution in [3.8, 4) is 5.75 Å². The Labute approximate surface area is 123 Å². The lowest BCUT2D eigenvalue weighted by atomic mass is 10.2. The highest BCUT2D eigenvalue weighted by Crippen LogP contribution is 2.11. The smallest absolute Gasteiger partial charge is 0.256 e. The lowest BCUT2D eigenvalue weighted by Crippen LogP contribution is -2.37. The summed E-state index contributed by atoms with van der Waals surface area (Å²) in [6.45, 7) is 4.09.